The van der Waals surface area contributed by atoms with Crippen LogP contribution in [0.2, 0.25) is 0 Å². The molecule has 11 nitrogen and oxygen atoms in total. The fourth-order valence-electron chi connectivity index (χ4n) is 6.07. The number of amides is 2. The van der Waals surface area contributed by atoms with Gasteiger partial charge in [-0.15, -0.1) is 0 Å². The molecule has 3 atom stereocenters. The molecule has 0 aliphatic carbocycles. The summed E-state index contributed by atoms with van der Waals surface area (Å²) >= 11 is 0. The van der Waals surface area contributed by atoms with Crippen molar-refractivity contribution in [2.75, 3.05) is 32.8 Å². The zero-order valence-corrected chi connectivity index (χ0v) is 25.2. The predicted molar refractivity (Wildman–Crippen MR) is 160 cm³/mol. The van der Waals surface area contributed by atoms with Gasteiger partial charge in [-0.2, -0.15) is 0 Å². The Morgan fingerprint density at radius 3 is 2.14 bits per heavy atom. The fraction of sp³-hybridized carbons (Fsp3) is 0.576. The molecular weight excluding hydrogens is 566 g/mol. The van der Waals surface area contributed by atoms with Crippen LogP contribution in [0.3, 0.4) is 0 Å². The molecule has 3 fully saturated rings. The smallest absolute Gasteiger partial charge is 0.243 e. The molecule has 0 unspecified atom stereocenters. The molecule has 3 saturated heterocycles. The maximum atomic E-state index is 12.3. The fourth-order valence-corrected chi connectivity index (χ4v) is 6.07. The third-order valence-corrected chi connectivity index (χ3v) is 8.68. The van der Waals surface area contributed by atoms with E-state index >= 15 is 0 Å². The molecule has 240 valence electrons. The number of unbranched alkanes of at least 4 members (excludes halogenated alkanes) is 2. The number of rotatable bonds is 13. The highest BCUT2D eigenvalue weighted by atomic mass is 16.7. The van der Waals surface area contributed by atoms with E-state index < -0.39 is 18.0 Å². The van der Waals surface area contributed by atoms with Crippen LogP contribution in [0, 0.1) is 0 Å². The van der Waals surface area contributed by atoms with Crippen molar-refractivity contribution in [2.45, 2.75) is 88.8 Å². The minimum absolute atomic E-state index is 0.00234. The number of carbonyl (C=O) groups excluding carboxylic acids is 2. The second kappa shape index (κ2) is 15.9. The number of hydroxylamine groups is 1. The average Bonchev–Trinajstić information content (AvgIpc) is 3.52. The van der Waals surface area contributed by atoms with Crippen molar-refractivity contribution >= 4 is 11.8 Å². The lowest BCUT2D eigenvalue weighted by Gasteiger charge is -2.41. The van der Waals surface area contributed by atoms with E-state index in [1.807, 2.05) is 48.5 Å². The zero-order chi connectivity index (χ0) is 30.8. The molecule has 11 heteroatoms. The lowest BCUT2D eigenvalue weighted by atomic mass is 9.98. The minimum Gasteiger partial charge on any atom is -0.392 e. The van der Waals surface area contributed by atoms with Crippen LogP contribution >= 0.6 is 0 Å². The first-order valence-electron chi connectivity index (χ1n) is 15.7. The number of aliphatic hydroxyl groups is 1. The highest BCUT2D eigenvalue weighted by Crippen LogP contribution is 2.39. The van der Waals surface area contributed by atoms with Gasteiger partial charge in [-0.1, -0.05) is 55.0 Å². The molecular formula is C33H45N3O8. The Balaban J connectivity index is 1.15. The maximum absolute atomic E-state index is 12.3. The molecule has 0 bridgehead atoms. The van der Waals surface area contributed by atoms with Crippen molar-refractivity contribution in [2.24, 2.45) is 0 Å². The van der Waals surface area contributed by atoms with Crippen LogP contribution in [0.5, 0.6) is 0 Å². The summed E-state index contributed by atoms with van der Waals surface area (Å²) in [6.07, 6.45) is 4.41. The Bertz CT molecular complexity index is 1190. The Kier molecular flexibility index (Phi) is 11.7. The lowest BCUT2D eigenvalue weighted by molar-refractivity contribution is -0.255. The first-order valence-corrected chi connectivity index (χ1v) is 15.7. The molecule has 44 heavy (non-hydrogen) atoms. The minimum atomic E-state index is -0.537. The summed E-state index contributed by atoms with van der Waals surface area (Å²) < 4.78 is 24.8. The summed E-state index contributed by atoms with van der Waals surface area (Å²) in [6.45, 7) is 4.33. The maximum Gasteiger partial charge on any atom is 0.243 e. The van der Waals surface area contributed by atoms with E-state index in [1.54, 1.807) is 5.48 Å². The normalized spacial score (nSPS) is 23.5. The van der Waals surface area contributed by atoms with Gasteiger partial charge >= 0.3 is 0 Å². The number of likely N-dealkylation sites (tertiary alicyclic amines) is 1. The van der Waals surface area contributed by atoms with E-state index in [1.165, 1.54) is 0 Å². The molecule has 4 N–H and O–H groups in total. The van der Waals surface area contributed by atoms with E-state index in [-0.39, 0.29) is 31.1 Å². The van der Waals surface area contributed by atoms with E-state index in [0.29, 0.717) is 39.0 Å². The van der Waals surface area contributed by atoms with Crippen LogP contribution in [0.25, 0.3) is 0 Å². The van der Waals surface area contributed by atoms with Gasteiger partial charge in [-0.05, 0) is 29.5 Å². The van der Waals surface area contributed by atoms with Gasteiger partial charge in [0.15, 0.2) is 12.1 Å². The van der Waals surface area contributed by atoms with Crippen LogP contribution in [0.4, 0.5) is 0 Å². The molecule has 0 saturated carbocycles. The quantitative estimate of drug-likeness (QED) is 0.152. The lowest BCUT2D eigenvalue weighted by Crippen LogP contribution is -2.48. The number of benzene rings is 2. The number of ether oxygens (including phenoxy) is 4. The first kappa shape index (κ1) is 32.5. The molecule has 3 aliphatic heterocycles. The first-order chi connectivity index (χ1) is 21.4. The molecule has 2 amide bonds. The third-order valence-electron chi connectivity index (χ3n) is 8.68. The number of hydrogen-bond acceptors (Lipinski definition) is 9. The standard InChI is InChI=1S/C33H45N3O8/c37-23-25-8-10-26(11-9-25)29-20-28(22-36-16-14-33(15-17-36)41-18-19-42-33)43-32(44-29)27-12-6-24(7-13-27)21-34-30(38)4-2-1-3-5-31(39)35-40/h6-13,28-29,32,37,40H,1-5,14-23H2,(H,34,38)(H,35,39)/t28-,29+,32+/m1/s1. The van der Waals surface area contributed by atoms with Crippen LogP contribution in [-0.2, 0) is 41.7 Å². The van der Waals surface area contributed by atoms with Gasteiger partial charge in [-0.3, -0.25) is 14.8 Å². The Labute approximate surface area is 258 Å². The van der Waals surface area contributed by atoms with Crippen molar-refractivity contribution in [1.82, 2.24) is 15.7 Å². The van der Waals surface area contributed by atoms with Crippen molar-refractivity contribution in [3.05, 3.63) is 70.8 Å². The molecule has 1 spiro atoms. The molecule has 2 aromatic rings. The molecule has 2 aromatic carbocycles. The topological polar surface area (TPSA) is 139 Å². The summed E-state index contributed by atoms with van der Waals surface area (Å²) in [4.78, 5) is 25.7. The van der Waals surface area contributed by atoms with Crippen LogP contribution in [0.1, 0.15) is 86.0 Å². The monoisotopic (exact) mass is 611 g/mol. The summed E-state index contributed by atoms with van der Waals surface area (Å²) in [5, 5.41) is 21.0. The van der Waals surface area contributed by atoms with Crippen LogP contribution in [-0.4, -0.2) is 71.8 Å². The summed E-state index contributed by atoms with van der Waals surface area (Å²) in [5.41, 5.74) is 5.43. The summed E-state index contributed by atoms with van der Waals surface area (Å²) in [5.74, 6) is -0.851. The molecule has 0 aromatic heterocycles. The van der Waals surface area contributed by atoms with Crippen LogP contribution in [0.15, 0.2) is 48.5 Å². The van der Waals surface area contributed by atoms with Crippen molar-refractivity contribution in [1.29, 1.82) is 0 Å². The highest BCUT2D eigenvalue weighted by molar-refractivity contribution is 5.76. The number of carbonyl (C=O) groups is 2. The summed E-state index contributed by atoms with van der Waals surface area (Å²) in [6, 6.07) is 15.9. The average molecular weight is 612 g/mol. The van der Waals surface area contributed by atoms with Crippen molar-refractivity contribution in [3.8, 4) is 0 Å². The summed E-state index contributed by atoms with van der Waals surface area (Å²) in [7, 11) is 0. The number of hydrogen-bond donors (Lipinski definition) is 4. The van der Waals surface area contributed by atoms with E-state index in [4.69, 9.17) is 24.2 Å². The largest absolute Gasteiger partial charge is 0.392 e. The van der Waals surface area contributed by atoms with E-state index in [0.717, 1.165) is 67.6 Å². The van der Waals surface area contributed by atoms with Gasteiger partial charge in [0.25, 0.3) is 0 Å². The Morgan fingerprint density at radius 2 is 1.48 bits per heavy atom. The third kappa shape index (κ3) is 9.07. The molecule has 5 rings (SSSR count). The second-order valence-corrected chi connectivity index (χ2v) is 11.9. The molecule has 3 aliphatic rings. The number of aliphatic hydroxyl groups excluding tert-OH is 1. The Hall–Kier alpha value is -2.90. The zero-order valence-electron chi connectivity index (χ0n) is 25.2. The van der Waals surface area contributed by atoms with Gasteiger partial charge in [0, 0.05) is 63.8 Å². The number of nitrogens with zero attached hydrogens (tertiary/aromatic N) is 1. The van der Waals surface area contributed by atoms with Crippen molar-refractivity contribution < 1.29 is 38.9 Å². The van der Waals surface area contributed by atoms with Gasteiger partial charge in [-0.25, -0.2) is 5.48 Å². The van der Waals surface area contributed by atoms with E-state index in [2.05, 4.69) is 10.2 Å². The van der Waals surface area contributed by atoms with Gasteiger partial charge in [0.05, 0.1) is 32.0 Å². The predicted octanol–water partition coefficient (Wildman–Crippen LogP) is 3.64. The van der Waals surface area contributed by atoms with E-state index in [9.17, 15) is 14.7 Å². The highest BCUT2D eigenvalue weighted by Gasteiger charge is 2.41. The number of piperidine rings is 1. The van der Waals surface area contributed by atoms with Crippen molar-refractivity contribution in [3.63, 3.8) is 0 Å². The second-order valence-electron chi connectivity index (χ2n) is 11.9. The van der Waals surface area contributed by atoms with Crippen LogP contribution < -0.4 is 10.8 Å². The Morgan fingerprint density at radius 1 is 0.841 bits per heavy atom. The van der Waals surface area contributed by atoms with Gasteiger partial charge in [0.2, 0.25) is 11.8 Å². The van der Waals surface area contributed by atoms with Gasteiger partial charge < -0.3 is 34.3 Å². The van der Waals surface area contributed by atoms with Gasteiger partial charge in [0.1, 0.15) is 0 Å². The molecule has 3 heterocycles. The number of nitrogens with one attached hydrogen (secondary N) is 2. The molecule has 0 radical (unpaired) electrons. The SMILES string of the molecule is O=C(CCCCCC(=O)NCc1ccc([C@H]2O[C@@H](CN3CCC4(CC3)OCCO4)C[C@@H](c3ccc(CO)cc3)O2)cc1)NO.